The fraction of sp³-hybridized carbons (Fsp3) is 0.412. The van der Waals surface area contributed by atoms with Gasteiger partial charge in [0, 0.05) is 17.7 Å². The number of nitrogens with two attached hydrogens (primary N) is 2. The first-order valence-corrected chi connectivity index (χ1v) is 8.73. The summed E-state index contributed by atoms with van der Waals surface area (Å²) in [5.74, 6) is -0.269. The van der Waals surface area contributed by atoms with Gasteiger partial charge in [0.2, 0.25) is 0 Å². The second-order valence-electron chi connectivity index (χ2n) is 5.82. The number of nitrogens with one attached hydrogen (secondary N) is 1. The summed E-state index contributed by atoms with van der Waals surface area (Å²) in [5, 5.41) is 3.26. The topological polar surface area (TPSA) is 88.8 Å². The fourth-order valence-electron chi connectivity index (χ4n) is 2.40. The Morgan fingerprint density at radius 3 is 2.75 bits per heavy atom. The zero-order valence-electron chi connectivity index (χ0n) is 13.7. The molecule has 0 spiro atoms. The summed E-state index contributed by atoms with van der Waals surface area (Å²) in [7, 11) is 0. The number of anilines is 1. The first-order chi connectivity index (χ1) is 11.5. The molecule has 5 nitrogen and oxygen atoms in total. The summed E-state index contributed by atoms with van der Waals surface area (Å²) in [6.07, 6.45) is 6.43. The monoisotopic (exact) mass is 395 g/mol. The van der Waals surface area contributed by atoms with Crippen molar-refractivity contribution in [3.63, 3.8) is 0 Å². The zero-order valence-corrected chi connectivity index (χ0v) is 15.3. The van der Waals surface area contributed by atoms with Gasteiger partial charge in [-0.2, -0.15) is 0 Å². The lowest BCUT2D eigenvalue weighted by Gasteiger charge is -2.23. The molecule has 0 aliphatic heterocycles. The van der Waals surface area contributed by atoms with E-state index in [1.165, 1.54) is 31.1 Å². The van der Waals surface area contributed by atoms with Crippen LogP contribution in [0.5, 0.6) is 0 Å². The number of hydrogen-bond donors (Lipinski definition) is 3. The van der Waals surface area contributed by atoms with Crippen molar-refractivity contribution in [1.29, 1.82) is 0 Å². The van der Waals surface area contributed by atoms with Gasteiger partial charge in [-0.15, -0.1) is 0 Å². The van der Waals surface area contributed by atoms with Gasteiger partial charge in [-0.1, -0.05) is 0 Å². The van der Waals surface area contributed by atoms with Gasteiger partial charge in [-0.05, 0) is 72.1 Å². The maximum absolute atomic E-state index is 13.2. The van der Waals surface area contributed by atoms with Crippen molar-refractivity contribution in [3.05, 3.63) is 41.4 Å². The number of nitrogens with zero attached hydrogens (tertiary/aromatic N) is 2. The Kier molecular flexibility index (Phi) is 6.78. The molecule has 0 saturated heterocycles. The molecule has 1 unspecified atom stereocenters. The molecule has 0 aromatic heterocycles. The van der Waals surface area contributed by atoms with E-state index in [0.29, 0.717) is 12.5 Å². The fourth-order valence-corrected chi connectivity index (χ4v) is 2.99. The lowest BCUT2D eigenvalue weighted by Crippen LogP contribution is -2.22. The van der Waals surface area contributed by atoms with Gasteiger partial charge in [0.05, 0.1) is 12.4 Å². The molecule has 1 atom stereocenters. The van der Waals surface area contributed by atoms with E-state index in [-0.39, 0.29) is 12.0 Å². The van der Waals surface area contributed by atoms with Crippen LogP contribution in [0.15, 0.2) is 40.0 Å². The van der Waals surface area contributed by atoms with Crippen molar-refractivity contribution in [3.8, 4) is 0 Å². The number of aliphatic imine (C=N–C) groups is 2. The maximum Gasteiger partial charge on any atom is 0.124 e. The molecule has 7 heteroatoms. The highest BCUT2D eigenvalue weighted by atomic mass is 79.9. The van der Waals surface area contributed by atoms with Gasteiger partial charge in [0.15, 0.2) is 0 Å². The van der Waals surface area contributed by atoms with Gasteiger partial charge in [0.25, 0.3) is 0 Å². The molecule has 130 valence electrons. The number of rotatable bonds is 7. The first-order valence-electron chi connectivity index (χ1n) is 7.94. The molecule has 1 fully saturated rings. The Balaban J connectivity index is 2.10. The standard InChI is InChI=1S/C17H23BrFN5/c1-11-7-13(19)5-6-15(11)24-16(22-10-21)8-12(9-20)17(18)23-14-3-2-4-14/h5-7,9-10,14,16,24H,2-4,8,20H2,1H3,(H2,21,22). The van der Waals surface area contributed by atoms with Crippen molar-refractivity contribution in [1.82, 2.24) is 0 Å². The van der Waals surface area contributed by atoms with E-state index in [4.69, 9.17) is 11.5 Å². The summed E-state index contributed by atoms with van der Waals surface area (Å²) in [6, 6.07) is 4.94. The molecular formula is C17H23BrFN5. The van der Waals surface area contributed by atoms with E-state index in [9.17, 15) is 4.39 Å². The second kappa shape index (κ2) is 8.82. The zero-order chi connectivity index (χ0) is 17.5. The quantitative estimate of drug-likeness (QED) is 0.487. The molecule has 0 radical (unpaired) electrons. The first kappa shape index (κ1) is 18.4. The second-order valence-corrected chi connectivity index (χ2v) is 6.57. The van der Waals surface area contributed by atoms with Crippen molar-refractivity contribution >= 4 is 32.6 Å². The van der Waals surface area contributed by atoms with Gasteiger partial charge in [-0.3, -0.25) is 9.98 Å². The summed E-state index contributed by atoms with van der Waals surface area (Å²) in [6.45, 7) is 1.84. The third kappa shape index (κ3) is 5.06. The third-order valence-electron chi connectivity index (χ3n) is 4.03. The van der Waals surface area contributed by atoms with Gasteiger partial charge in [0.1, 0.15) is 16.6 Å². The van der Waals surface area contributed by atoms with E-state index >= 15 is 0 Å². The molecule has 1 aromatic carbocycles. The number of halogens is 2. The molecular weight excluding hydrogens is 373 g/mol. The summed E-state index contributed by atoms with van der Waals surface area (Å²) >= 11 is 3.51. The maximum atomic E-state index is 13.2. The smallest absolute Gasteiger partial charge is 0.124 e. The molecule has 24 heavy (non-hydrogen) atoms. The van der Waals surface area contributed by atoms with E-state index in [2.05, 4.69) is 31.2 Å². The minimum atomic E-state index is -0.321. The van der Waals surface area contributed by atoms with Crippen LogP contribution < -0.4 is 16.8 Å². The predicted octanol–water partition coefficient (Wildman–Crippen LogP) is 3.44. The Bertz CT molecular complexity index is 652. The number of hydrogen-bond acceptors (Lipinski definition) is 4. The molecule has 1 aliphatic carbocycles. The van der Waals surface area contributed by atoms with E-state index in [0.717, 1.165) is 34.3 Å². The SMILES string of the molecule is Cc1cc(F)ccc1NC(CC(=CN)C(Br)=NC1CCC1)N=CN. The van der Waals surface area contributed by atoms with Crippen LogP contribution in [0.25, 0.3) is 0 Å². The lowest BCUT2D eigenvalue weighted by molar-refractivity contribution is 0.421. The van der Waals surface area contributed by atoms with E-state index in [1.54, 1.807) is 6.07 Å². The Labute approximate surface area is 150 Å². The average Bonchev–Trinajstić information content (AvgIpc) is 2.51. The average molecular weight is 396 g/mol. The van der Waals surface area contributed by atoms with Crippen LogP contribution in [-0.4, -0.2) is 23.2 Å². The highest BCUT2D eigenvalue weighted by Gasteiger charge is 2.19. The van der Waals surface area contributed by atoms with Crippen molar-refractivity contribution in [2.45, 2.75) is 44.8 Å². The van der Waals surface area contributed by atoms with Gasteiger partial charge < -0.3 is 16.8 Å². The highest BCUT2D eigenvalue weighted by Crippen LogP contribution is 2.25. The Hall–Kier alpha value is -1.89. The minimum Gasteiger partial charge on any atom is -0.404 e. The normalized spacial score (nSPS) is 17.8. The van der Waals surface area contributed by atoms with E-state index < -0.39 is 0 Å². The Morgan fingerprint density at radius 1 is 1.46 bits per heavy atom. The molecule has 1 aromatic rings. The van der Waals surface area contributed by atoms with E-state index in [1.807, 2.05) is 6.92 Å². The van der Waals surface area contributed by atoms with Crippen LogP contribution in [0.3, 0.4) is 0 Å². The largest absolute Gasteiger partial charge is 0.404 e. The van der Waals surface area contributed by atoms with Crippen molar-refractivity contribution < 1.29 is 4.39 Å². The third-order valence-corrected chi connectivity index (χ3v) is 4.74. The van der Waals surface area contributed by atoms with Crippen molar-refractivity contribution in [2.24, 2.45) is 21.5 Å². The Morgan fingerprint density at radius 2 is 2.21 bits per heavy atom. The molecule has 2 rings (SSSR count). The summed E-state index contributed by atoms with van der Waals surface area (Å²) in [5.41, 5.74) is 13.7. The minimum absolute atomic E-state index is 0.269. The molecule has 5 N–H and O–H groups in total. The summed E-state index contributed by atoms with van der Waals surface area (Å²) < 4.78 is 14.0. The van der Waals surface area contributed by atoms with Gasteiger partial charge in [-0.25, -0.2) is 4.39 Å². The highest BCUT2D eigenvalue weighted by molar-refractivity contribution is 9.18. The van der Waals surface area contributed by atoms with Crippen LogP contribution in [-0.2, 0) is 0 Å². The van der Waals surface area contributed by atoms with Crippen LogP contribution >= 0.6 is 15.9 Å². The molecule has 1 saturated carbocycles. The summed E-state index contributed by atoms with van der Waals surface area (Å²) in [4.78, 5) is 8.87. The molecule has 0 heterocycles. The van der Waals surface area contributed by atoms with Crippen LogP contribution in [0.2, 0.25) is 0 Å². The molecule has 0 bridgehead atoms. The molecule has 1 aliphatic rings. The molecule has 0 amide bonds. The number of benzene rings is 1. The number of aryl methyl sites for hydroxylation is 1. The van der Waals surface area contributed by atoms with Crippen LogP contribution in [0.4, 0.5) is 10.1 Å². The van der Waals surface area contributed by atoms with Gasteiger partial charge >= 0.3 is 0 Å². The lowest BCUT2D eigenvalue weighted by atomic mass is 9.94. The van der Waals surface area contributed by atoms with Crippen LogP contribution in [0, 0.1) is 12.7 Å². The predicted molar refractivity (Wildman–Crippen MR) is 102 cm³/mol. The van der Waals surface area contributed by atoms with Crippen molar-refractivity contribution in [2.75, 3.05) is 5.32 Å². The van der Waals surface area contributed by atoms with Crippen LogP contribution in [0.1, 0.15) is 31.2 Å².